The van der Waals surface area contributed by atoms with Gasteiger partial charge in [0.1, 0.15) is 23.1 Å². The van der Waals surface area contributed by atoms with Gasteiger partial charge in [0.2, 0.25) is 0 Å². The molecule has 9 heteroatoms. The van der Waals surface area contributed by atoms with Crippen molar-refractivity contribution in [2.24, 2.45) is 0 Å². The first kappa shape index (κ1) is 21.6. The highest BCUT2D eigenvalue weighted by molar-refractivity contribution is 6.32. The molecule has 0 fully saturated rings. The number of hydrogen-bond acceptors (Lipinski definition) is 3. The average Bonchev–Trinajstić information content (AvgIpc) is 2.53. The monoisotopic (exact) mass is 394 g/mol. The molecule has 0 heterocycles. The Balaban J connectivity index is 0.00000163. The quantitative estimate of drug-likeness (QED) is 0.627. The molecule has 0 aliphatic rings. The van der Waals surface area contributed by atoms with Gasteiger partial charge in [-0.2, -0.15) is 0 Å². The molecule has 0 amide bonds. The molecule has 0 saturated heterocycles. The second kappa shape index (κ2) is 8.75. The number of halogens is 5. The van der Waals surface area contributed by atoms with Crippen molar-refractivity contribution in [3.8, 4) is 17.2 Å². The summed E-state index contributed by atoms with van der Waals surface area (Å²) in [7, 11) is 0. The number of ether oxygens (including phenoxy) is 2. The molecule has 0 radical (unpaired) electrons. The van der Waals surface area contributed by atoms with Crippen LogP contribution >= 0.6 is 11.6 Å². The maximum absolute atomic E-state index is 13.7. The van der Waals surface area contributed by atoms with Gasteiger partial charge >= 0.3 is 12.3 Å². The maximum Gasteiger partial charge on any atom is 0.573 e. The number of hydrogen-bond donors (Lipinski definition) is 1. The average molecular weight is 395 g/mol. The normalized spacial score (nSPS) is 10.6. The van der Waals surface area contributed by atoms with Gasteiger partial charge in [0, 0.05) is 12.1 Å². The van der Waals surface area contributed by atoms with E-state index in [1.165, 1.54) is 6.92 Å². The lowest BCUT2D eigenvalue weighted by molar-refractivity contribution is -0.274. The van der Waals surface area contributed by atoms with E-state index in [4.69, 9.17) is 21.4 Å². The molecule has 0 unspecified atom stereocenters. The van der Waals surface area contributed by atoms with E-state index in [-0.39, 0.29) is 16.5 Å². The Morgan fingerprint density at radius 2 is 1.73 bits per heavy atom. The summed E-state index contributed by atoms with van der Waals surface area (Å²) in [5, 5.41) is 8.47. The Morgan fingerprint density at radius 3 is 2.23 bits per heavy atom. The minimum absolute atomic E-state index is 0.00180. The van der Waals surface area contributed by atoms with Crippen LogP contribution in [-0.4, -0.2) is 17.4 Å². The van der Waals surface area contributed by atoms with E-state index in [2.05, 4.69) is 4.74 Å². The van der Waals surface area contributed by atoms with Crippen LogP contribution < -0.4 is 9.47 Å². The number of carbonyl (C=O) groups is 1. The highest BCUT2D eigenvalue weighted by atomic mass is 35.5. The lowest BCUT2D eigenvalue weighted by Gasteiger charge is -2.13. The van der Waals surface area contributed by atoms with Crippen LogP contribution in [0.1, 0.15) is 29.8 Å². The van der Waals surface area contributed by atoms with Crippen LogP contribution in [0.15, 0.2) is 30.3 Å². The molecule has 0 saturated carbocycles. The number of rotatable bonds is 4. The number of carboxylic acids is 1. The Morgan fingerprint density at radius 1 is 1.12 bits per heavy atom. The van der Waals surface area contributed by atoms with E-state index in [0.717, 1.165) is 30.3 Å². The smallest absolute Gasteiger partial charge is 0.478 e. The fourth-order valence-corrected chi connectivity index (χ4v) is 2.03. The Kier molecular flexibility index (Phi) is 7.26. The largest absolute Gasteiger partial charge is 0.573 e. The summed E-state index contributed by atoms with van der Waals surface area (Å²) in [4.78, 5) is 10.8. The zero-order valence-corrected chi connectivity index (χ0v) is 14.7. The molecule has 0 aliphatic heterocycles. The summed E-state index contributed by atoms with van der Waals surface area (Å²) >= 11 is 5.68. The number of aromatic carboxylic acids is 1. The van der Waals surface area contributed by atoms with Gasteiger partial charge < -0.3 is 14.6 Å². The minimum atomic E-state index is -4.89. The minimum Gasteiger partial charge on any atom is -0.478 e. The van der Waals surface area contributed by atoms with Gasteiger partial charge in [-0.1, -0.05) is 25.4 Å². The van der Waals surface area contributed by atoms with Crippen LogP contribution in [0.5, 0.6) is 17.2 Å². The van der Waals surface area contributed by atoms with Crippen LogP contribution in [-0.2, 0) is 0 Å². The van der Waals surface area contributed by atoms with E-state index in [1.807, 2.05) is 13.8 Å². The van der Waals surface area contributed by atoms with Crippen molar-refractivity contribution < 1.29 is 36.9 Å². The lowest BCUT2D eigenvalue weighted by Crippen LogP contribution is -2.17. The number of aryl methyl sites for hydroxylation is 1. The van der Waals surface area contributed by atoms with Gasteiger partial charge in [-0.05, 0) is 30.7 Å². The van der Waals surface area contributed by atoms with E-state index in [1.54, 1.807) is 0 Å². The standard InChI is InChI=1S/C15H9ClF4O4.C2H6/c1-7-4-9(14(21)22)11(17)6-13(7)23-8-2-3-12(10(16)5-8)24-15(18,19)20;1-2/h2-6H,1H3,(H,21,22);1-2H3. The van der Waals surface area contributed by atoms with Crippen LogP contribution in [0.25, 0.3) is 0 Å². The molecule has 2 aromatic carbocycles. The van der Waals surface area contributed by atoms with Crippen molar-refractivity contribution in [3.05, 3.63) is 52.3 Å². The Hall–Kier alpha value is -2.48. The highest BCUT2D eigenvalue weighted by Crippen LogP contribution is 2.35. The molecular weight excluding hydrogens is 380 g/mol. The van der Waals surface area contributed by atoms with Gasteiger partial charge in [-0.3, -0.25) is 0 Å². The summed E-state index contributed by atoms with van der Waals surface area (Å²) in [6.07, 6.45) is -4.89. The summed E-state index contributed by atoms with van der Waals surface area (Å²) in [5.74, 6) is -3.02. The first-order valence-corrected chi connectivity index (χ1v) is 7.71. The first-order chi connectivity index (χ1) is 12.1. The molecule has 0 aromatic heterocycles. The van der Waals surface area contributed by atoms with Gasteiger partial charge in [0.15, 0.2) is 0 Å². The van der Waals surface area contributed by atoms with Crippen molar-refractivity contribution in [2.75, 3.05) is 0 Å². The van der Waals surface area contributed by atoms with Gasteiger partial charge in [0.05, 0.1) is 10.6 Å². The van der Waals surface area contributed by atoms with Crippen molar-refractivity contribution >= 4 is 17.6 Å². The highest BCUT2D eigenvalue weighted by Gasteiger charge is 2.32. The van der Waals surface area contributed by atoms with Crippen LogP contribution in [0, 0.1) is 12.7 Å². The first-order valence-electron chi connectivity index (χ1n) is 7.33. The molecule has 1 N–H and O–H groups in total. The second-order valence-electron chi connectivity index (χ2n) is 4.64. The molecule has 0 bridgehead atoms. The third kappa shape index (κ3) is 5.80. The van der Waals surface area contributed by atoms with E-state index >= 15 is 0 Å². The summed E-state index contributed by atoms with van der Waals surface area (Å²) in [6, 6.07) is 5.10. The van der Waals surface area contributed by atoms with Crippen LogP contribution in [0.4, 0.5) is 17.6 Å². The zero-order chi connectivity index (χ0) is 20.1. The SMILES string of the molecule is CC.Cc1cc(C(=O)O)c(F)cc1Oc1ccc(OC(F)(F)F)c(Cl)c1. The van der Waals surface area contributed by atoms with E-state index < -0.39 is 29.5 Å². The third-order valence-electron chi connectivity index (χ3n) is 2.85. The molecule has 4 nitrogen and oxygen atoms in total. The van der Waals surface area contributed by atoms with Crippen molar-refractivity contribution in [1.82, 2.24) is 0 Å². The van der Waals surface area contributed by atoms with Crippen LogP contribution in [0.2, 0.25) is 5.02 Å². The fourth-order valence-electron chi connectivity index (χ4n) is 1.82. The number of alkyl halides is 3. The molecule has 142 valence electrons. The third-order valence-corrected chi connectivity index (χ3v) is 3.15. The summed E-state index contributed by atoms with van der Waals surface area (Å²) < 4.78 is 59.2. The van der Waals surface area contributed by atoms with Gasteiger partial charge in [-0.25, -0.2) is 9.18 Å². The van der Waals surface area contributed by atoms with Crippen molar-refractivity contribution in [1.29, 1.82) is 0 Å². The molecule has 2 aromatic rings. The molecule has 0 aliphatic carbocycles. The molecular formula is C17H15ClF4O4. The predicted octanol–water partition coefficient (Wildman–Crippen LogP) is 6.20. The fraction of sp³-hybridized carbons (Fsp3) is 0.235. The van der Waals surface area contributed by atoms with Crippen molar-refractivity contribution in [3.63, 3.8) is 0 Å². The number of carboxylic acid groups (broad SMARTS) is 1. The summed E-state index contributed by atoms with van der Waals surface area (Å²) in [6.45, 7) is 5.49. The van der Waals surface area contributed by atoms with Gasteiger partial charge in [0.25, 0.3) is 0 Å². The summed E-state index contributed by atoms with van der Waals surface area (Å²) in [5.41, 5.74) is -0.202. The maximum atomic E-state index is 13.7. The van der Waals surface area contributed by atoms with Gasteiger partial charge in [-0.15, -0.1) is 13.2 Å². The van der Waals surface area contributed by atoms with Crippen LogP contribution in [0.3, 0.4) is 0 Å². The zero-order valence-electron chi connectivity index (χ0n) is 13.9. The number of benzene rings is 2. The topological polar surface area (TPSA) is 55.8 Å². The Labute approximate surface area is 151 Å². The Bertz CT molecular complexity index is 791. The van der Waals surface area contributed by atoms with E-state index in [0.29, 0.717) is 5.56 Å². The lowest BCUT2D eigenvalue weighted by atomic mass is 10.1. The van der Waals surface area contributed by atoms with Crippen molar-refractivity contribution in [2.45, 2.75) is 27.1 Å². The molecule has 0 atom stereocenters. The second-order valence-corrected chi connectivity index (χ2v) is 5.05. The van der Waals surface area contributed by atoms with E-state index in [9.17, 15) is 22.4 Å². The predicted molar refractivity (Wildman–Crippen MR) is 87.7 cm³/mol. The molecule has 0 spiro atoms. The molecule has 26 heavy (non-hydrogen) atoms. The molecule has 2 rings (SSSR count).